The number of benzene rings is 1. The fourth-order valence-corrected chi connectivity index (χ4v) is 1.89. The fraction of sp³-hybridized carbons (Fsp3) is 0.286. The normalized spacial score (nSPS) is 17.7. The Morgan fingerprint density at radius 2 is 2.19 bits per heavy atom. The molecular formula is C14H15FN4O2. The molecule has 0 aromatic heterocycles. The number of halogens is 1. The first-order valence-corrected chi connectivity index (χ1v) is 6.48. The molecule has 0 spiro atoms. The Labute approximate surface area is 121 Å². The summed E-state index contributed by atoms with van der Waals surface area (Å²) in [5.74, 6) is -1.16. The van der Waals surface area contributed by atoms with Crippen LogP contribution in [0.3, 0.4) is 0 Å². The van der Waals surface area contributed by atoms with Gasteiger partial charge in [-0.3, -0.25) is 9.59 Å². The van der Waals surface area contributed by atoms with Crippen LogP contribution in [0.4, 0.5) is 4.39 Å². The second-order valence-corrected chi connectivity index (χ2v) is 4.67. The molecule has 1 aromatic carbocycles. The van der Waals surface area contributed by atoms with Crippen molar-refractivity contribution in [2.24, 2.45) is 16.1 Å². The molecule has 110 valence electrons. The molecule has 2 rings (SSSR count). The predicted molar refractivity (Wildman–Crippen MR) is 76.1 cm³/mol. The van der Waals surface area contributed by atoms with Gasteiger partial charge in [0.1, 0.15) is 5.82 Å². The van der Waals surface area contributed by atoms with Crippen molar-refractivity contribution < 1.29 is 14.0 Å². The maximum atomic E-state index is 12.7. The van der Waals surface area contributed by atoms with E-state index < -0.39 is 0 Å². The molecule has 0 fully saturated rings. The van der Waals surface area contributed by atoms with Gasteiger partial charge in [-0.25, -0.2) is 15.2 Å². The minimum Gasteiger partial charge on any atom is -0.273 e. The number of nitrogens with one attached hydrogen (secondary N) is 2. The highest BCUT2D eigenvalue weighted by molar-refractivity contribution is 6.07. The van der Waals surface area contributed by atoms with E-state index in [4.69, 9.17) is 0 Å². The monoisotopic (exact) mass is 290 g/mol. The summed E-state index contributed by atoms with van der Waals surface area (Å²) in [6, 6.07) is 5.72. The van der Waals surface area contributed by atoms with Crippen LogP contribution in [0, 0.1) is 11.7 Å². The van der Waals surface area contributed by atoms with E-state index in [1.54, 1.807) is 19.1 Å². The van der Waals surface area contributed by atoms with Gasteiger partial charge >= 0.3 is 0 Å². The number of hydrogen-bond donors (Lipinski definition) is 2. The Kier molecular flexibility index (Phi) is 4.76. The smallest absolute Gasteiger partial charge is 0.248 e. The Morgan fingerprint density at radius 3 is 2.81 bits per heavy atom. The summed E-state index contributed by atoms with van der Waals surface area (Å²) in [7, 11) is 0. The van der Waals surface area contributed by atoms with E-state index in [9.17, 15) is 14.0 Å². The largest absolute Gasteiger partial charge is 0.273 e. The Balaban J connectivity index is 1.76. The molecule has 0 saturated heterocycles. The highest BCUT2D eigenvalue weighted by Crippen LogP contribution is 2.13. The molecule has 6 nitrogen and oxygen atoms in total. The van der Waals surface area contributed by atoms with Crippen LogP contribution < -0.4 is 10.9 Å². The minimum atomic E-state index is -0.350. The van der Waals surface area contributed by atoms with Crippen LogP contribution in [0.1, 0.15) is 25.3 Å². The van der Waals surface area contributed by atoms with Crippen LogP contribution in [0.2, 0.25) is 0 Å². The number of rotatable bonds is 5. The van der Waals surface area contributed by atoms with Gasteiger partial charge in [-0.1, -0.05) is 12.1 Å². The molecule has 1 heterocycles. The second kappa shape index (κ2) is 6.74. The van der Waals surface area contributed by atoms with Crippen LogP contribution in [-0.2, 0) is 9.59 Å². The number of carbonyl (C=O) groups excluding carboxylic acids is 2. The zero-order chi connectivity index (χ0) is 15.2. The van der Waals surface area contributed by atoms with Crippen molar-refractivity contribution in [2.45, 2.75) is 19.8 Å². The first-order valence-electron chi connectivity index (χ1n) is 6.48. The van der Waals surface area contributed by atoms with Crippen molar-refractivity contribution in [3.63, 3.8) is 0 Å². The average molecular weight is 290 g/mol. The van der Waals surface area contributed by atoms with Gasteiger partial charge < -0.3 is 0 Å². The van der Waals surface area contributed by atoms with Crippen LogP contribution >= 0.6 is 0 Å². The summed E-state index contributed by atoms with van der Waals surface area (Å²) < 4.78 is 12.7. The van der Waals surface area contributed by atoms with Crippen molar-refractivity contribution in [3.8, 4) is 0 Å². The second-order valence-electron chi connectivity index (χ2n) is 4.67. The summed E-state index contributed by atoms with van der Waals surface area (Å²) in [5, 5.41) is 7.59. The molecule has 0 bridgehead atoms. The topological polar surface area (TPSA) is 82.9 Å². The van der Waals surface area contributed by atoms with Crippen LogP contribution in [0.15, 0.2) is 34.5 Å². The Morgan fingerprint density at radius 1 is 1.48 bits per heavy atom. The lowest BCUT2D eigenvalue weighted by atomic mass is 9.99. The van der Waals surface area contributed by atoms with Crippen molar-refractivity contribution in [1.29, 1.82) is 0 Å². The Hall–Kier alpha value is -2.57. The average Bonchev–Trinajstić information content (AvgIpc) is 2.78. The van der Waals surface area contributed by atoms with E-state index in [1.165, 1.54) is 18.3 Å². The molecule has 0 radical (unpaired) electrons. The van der Waals surface area contributed by atoms with Crippen molar-refractivity contribution in [2.75, 3.05) is 0 Å². The summed E-state index contributed by atoms with van der Waals surface area (Å²) in [5.41, 5.74) is 6.09. The zero-order valence-electron chi connectivity index (χ0n) is 11.5. The van der Waals surface area contributed by atoms with Crippen molar-refractivity contribution in [1.82, 2.24) is 10.9 Å². The fourth-order valence-electron chi connectivity index (χ4n) is 1.89. The van der Waals surface area contributed by atoms with Crippen molar-refractivity contribution in [3.05, 3.63) is 35.6 Å². The van der Waals surface area contributed by atoms with Crippen molar-refractivity contribution >= 4 is 23.7 Å². The van der Waals surface area contributed by atoms with Gasteiger partial charge in [-0.15, -0.1) is 0 Å². The quantitative estimate of drug-likeness (QED) is 0.630. The van der Waals surface area contributed by atoms with Crippen LogP contribution in [0.25, 0.3) is 0 Å². The van der Waals surface area contributed by atoms with Gasteiger partial charge in [-0.05, 0) is 31.0 Å². The third-order valence-electron chi connectivity index (χ3n) is 3.10. The summed E-state index contributed by atoms with van der Waals surface area (Å²) in [6.07, 6.45) is 1.98. The summed E-state index contributed by atoms with van der Waals surface area (Å²) in [4.78, 5) is 23.0. The lowest BCUT2D eigenvalue weighted by Gasteiger charge is -2.06. The van der Waals surface area contributed by atoms with E-state index >= 15 is 0 Å². The number of nitrogens with zero attached hydrogens (tertiary/aromatic N) is 2. The Bertz CT molecular complexity index is 595. The van der Waals surface area contributed by atoms with Gasteiger partial charge in [0.05, 0.1) is 12.1 Å². The summed E-state index contributed by atoms with van der Waals surface area (Å²) in [6.45, 7) is 1.74. The SMILES string of the molecule is CC1=NNC(=O)[C@@H]1CCC(=O)N/N=C\c1ccc(F)cc1. The van der Waals surface area contributed by atoms with E-state index in [-0.39, 0.29) is 30.0 Å². The molecule has 2 N–H and O–H groups in total. The van der Waals surface area contributed by atoms with Gasteiger partial charge in [0, 0.05) is 12.1 Å². The van der Waals surface area contributed by atoms with Crippen LogP contribution in [-0.4, -0.2) is 23.7 Å². The highest BCUT2D eigenvalue weighted by atomic mass is 19.1. The third-order valence-corrected chi connectivity index (χ3v) is 3.10. The van der Waals surface area contributed by atoms with E-state index in [1.807, 2.05) is 0 Å². The lowest BCUT2D eigenvalue weighted by Crippen LogP contribution is -2.25. The maximum Gasteiger partial charge on any atom is 0.248 e. The van der Waals surface area contributed by atoms with Gasteiger partial charge in [0.2, 0.25) is 11.8 Å². The number of carbonyl (C=O) groups is 2. The molecule has 1 aromatic rings. The standard InChI is InChI=1S/C14H15FN4O2/c1-9-12(14(21)19-17-9)6-7-13(20)18-16-8-10-2-4-11(15)5-3-10/h2-5,8,12H,6-7H2,1H3,(H,18,20)(H,19,21)/b16-8-/t12-/m1/s1. The molecule has 21 heavy (non-hydrogen) atoms. The van der Waals surface area contributed by atoms with E-state index in [2.05, 4.69) is 21.1 Å². The van der Waals surface area contributed by atoms with Gasteiger partial charge in [0.25, 0.3) is 0 Å². The minimum absolute atomic E-state index is 0.172. The summed E-state index contributed by atoms with van der Waals surface area (Å²) >= 11 is 0. The van der Waals surface area contributed by atoms with Gasteiger partial charge in [0.15, 0.2) is 0 Å². The number of hydrogen-bond acceptors (Lipinski definition) is 4. The number of hydrazone groups is 2. The predicted octanol–water partition coefficient (Wildman–Crippen LogP) is 1.18. The maximum absolute atomic E-state index is 12.7. The molecule has 1 aliphatic rings. The highest BCUT2D eigenvalue weighted by Gasteiger charge is 2.26. The molecule has 0 aliphatic carbocycles. The molecular weight excluding hydrogens is 275 g/mol. The van der Waals surface area contributed by atoms with E-state index in [0.717, 1.165) is 0 Å². The van der Waals surface area contributed by atoms with Gasteiger partial charge in [-0.2, -0.15) is 10.2 Å². The number of amides is 2. The molecule has 7 heteroatoms. The molecule has 1 atom stereocenters. The molecule has 2 amide bonds. The first kappa shape index (κ1) is 14.8. The molecule has 0 saturated carbocycles. The van der Waals surface area contributed by atoms with E-state index in [0.29, 0.717) is 17.7 Å². The van der Waals surface area contributed by atoms with Crippen LogP contribution in [0.5, 0.6) is 0 Å². The lowest BCUT2D eigenvalue weighted by molar-refractivity contribution is -0.123. The third kappa shape index (κ3) is 4.20. The molecule has 0 unspecified atom stereocenters. The first-order chi connectivity index (χ1) is 10.1. The molecule has 1 aliphatic heterocycles. The zero-order valence-corrected chi connectivity index (χ0v) is 11.5.